The molecule has 0 aromatic carbocycles. The normalized spacial score (nSPS) is 23.0. The zero-order valence-corrected chi connectivity index (χ0v) is 13.8. The molecule has 122 valence electrons. The summed E-state index contributed by atoms with van der Waals surface area (Å²) in [5.41, 5.74) is 1.73. The summed E-state index contributed by atoms with van der Waals surface area (Å²) in [6.45, 7) is 4.84. The van der Waals surface area contributed by atoms with Crippen LogP contribution in [0.15, 0.2) is 30.7 Å². The number of aryl methyl sites for hydroxylation is 1. The Hall–Kier alpha value is -2.68. The van der Waals surface area contributed by atoms with Gasteiger partial charge in [0.1, 0.15) is 11.9 Å². The molecule has 0 radical (unpaired) electrons. The van der Waals surface area contributed by atoms with Crippen molar-refractivity contribution >= 4 is 11.8 Å². The first-order valence-electron chi connectivity index (χ1n) is 8.41. The second-order valence-corrected chi connectivity index (χ2v) is 6.59. The number of anilines is 2. The fraction of sp³-hybridized carbons (Fsp3) is 0.444. The highest BCUT2D eigenvalue weighted by Gasteiger charge is 2.40. The van der Waals surface area contributed by atoms with Gasteiger partial charge in [0.05, 0.1) is 11.6 Å². The molecule has 0 bridgehead atoms. The summed E-state index contributed by atoms with van der Waals surface area (Å²) in [7, 11) is 0. The Morgan fingerprint density at radius 1 is 1.17 bits per heavy atom. The van der Waals surface area contributed by atoms with Crippen LogP contribution in [-0.4, -0.2) is 40.6 Å². The number of aromatic nitrogens is 3. The van der Waals surface area contributed by atoms with Crippen molar-refractivity contribution in [1.82, 2.24) is 15.0 Å². The first-order valence-corrected chi connectivity index (χ1v) is 8.41. The van der Waals surface area contributed by atoms with Crippen molar-refractivity contribution in [1.29, 1.82) is 5.26 Å². The van der Waals surface area contributed by atoms with Crippen molar-refractivity contribution in [3.63, 3.8) is 0 Å². The topological polar surface area (TPSA) is 68.9 Å². The third-order valence-electron chi connectivity index (χ3n) is 5.09. The maximum absolute atomic E-state index is 9.38. The van der Waals surface area contributed by atoms with E-state index in [4.69, 9.17) is 0 Å². The molecule has 0 aliphatic carbocycles. The molecule has 6 nitrogen and oxygen atoms in total. The summed E-state index contributed by atoms with van der Waals surface area (Å²) in [6.07, 6.45) is 7.80. The monoisotopic (exact) mass is 320 g/mol. The first kappa shape index (κ1) is 14.9. The van der Waals surface area contributed by atoms with E-state index in [2.05, 4.69) is 30.8 Å². The molecule has 0 amide bonds. The molecule has 2 aromatic heterocycles. The molecule has 2 unspecified atom stereocenters. The highest BCUT2D eigenvalue weighted by atomic mass is 15.3. The standard InChI is InChI=1S/C18H20N6/c1-13-10-21-18(22-11-13)23-7-4-14-5-8-24(16(14)12-23)17-15(9-19)3-2-6-20-17/h2-3,6,10-11,14,16H,4-5,7-8,12H2,1H3. The van der Waals surface area contributed by atoms with Gasteiger partial charge in [0.15, 0.2) is 0 Å². The summed E-state index contributed by atoms with van der Waals surface area (Å²) in [6, 6.07) is 6.31. The van der Waals surface area contributed by atoms with Crippen LogP contribution in [0.2, 0.25) is 0 Å². The van der Waals surface area contributed by atoms with Crippen LogP contribution in [0.5, 0.6) is 0 Å². The lowest BCUT2D eigenvalue weighted by atomic mass is 9.92. The van der Waals surface area contributed by atoms with Crippen molar-refractivity contribution < 1.29 is 0 Å². The van der Waals surface area contributed by atoms with Gasteiger partial charge in [-0.3, -0.25) is 0 Å². The molecule has 0 saturated carbocycles. The van der Waals surface area contributed by atoms with Crippen LogP contribution in [0.1, 0.15) is 24.0 Å². The van der Waals surface area contributed by atoms with Gasteiger partial charge in [-0.05, 0) is 43.4 Å². The number of nitrogens with zero attached hydrogens (tertiary/aromatic N) is 6. The largest absolute Gasteiger partial charge is 0.350 e. The second-order valence-electron chi connectivity index (χ2n) is 6.59. The Kier molecular flexibility index (Phi) is 3.77. The van der Waals surface area contributed by atoms with Crippen LogP contribution < -0.4 is 9.80 Å². The van der Waals surface area contributed by atoms with Crippen LogP contribution in [0.3, 0.4) is 0 Å². The Labute approximate surface area is 141 Å². The number of pyridine rings is 1. The van der Waals surface area contributed by atoms with Gasteiger partial charge in [0.2, 0.25) is 5.95 Å². The minimum atomic E-state index is 0.366. The molecule has 2 atom stereocenters. The van der Waals surface area contributed by atoms with Crippen molar-refractivity contribution in [3.05, 3.63) is 41.9 Å². The average molecular weight is 320 g/mol. The molecule has 2 saturated heterocycles. The summed E-state index contributed by atoms with van der Waals surface area (Å²) in [4.78, 5) is 18.0. The van der Waals surface area contributed by atoms with Gasteiger partial charge in [-0.2, -0.15) is 5.26 Å². The first-order chi connectivity index (χ1) is 11.8. The molecule has 4 rings (SSSR count). The highest BCUT2D eigenvalue weighted by molar-refractivity contribution is 5.55. The molecule has 2 aliphatic heterocycles. The average Bonchev–Trinajstić information content (AvgIpc) is 3.05. The van der Waals surface area contributed by atoms with E-state index >= 15 is 0 Å². The zero-order chi connectivity index (χ0) is 16.5. The number of fused-ring (bicyclic) bond motifs is 1. The van der Waals surface area contributed by atoms with Gasteiger partial charge < -0.3 is 9.80 Å². The van der Waals surface area contributed by atoms with E-state index in [0.717, 1.165) is 49.8 Å². The Morgan fingerprint density at radius 2 is 1.96 bits per heavy atom. The molecule has 6 heteroatoms. The van der Waals surface area contributed by atoms with Gasteiger partial charge in [-0.15, -0.1) is 0 Å². The minimum absolute atomic E-state index is 0.366. The van der Waals surface area contributed by atoms with Gasteiger partial charge in [0.25, 0.3) is 0 Å². The van der Waals surface area contributed by atoms with Crippen LogP contribution in [-0.2, 0) is 0 Å². The van der Waals surface area contributed by atoms with Crippen molar-refractivity contribution in [2.75, 3.05) is 29.4 Å². The summed E-state index contributed by atoms with van der Waals surface area (Å²) < 4.78 is 0. The van der Waals surface area contributed by atoms with E-state index < -0.39 is 0 Å². The predicted octanol–water partition coefficient (Wildman–Crippen LogP) is 2.16. The molecule has 4 heterocycles. The van der Waals surface area contributed by atoms with E-state index in [0.29, 0.717) is 17.5 Å². The third kappa shape index (κ3) is 2.56. The lowest BCUT2D eigenvalue weighted by Crippen LogP contribution is -2.49. The van der Waals surface area contributed by atoms with Gasteiger partial charge >= 0.3 is 0 Å². The molecule has 0 N–H and O–H groups in total. The Morgan fingerprint density at radius 3 is 2.75 bits per heavy atom. The third-order valence-corrected chi connectivity index (χ3v) is 5.09. The number of nitriles is 1. The number of piperidine rings is 1. The summed E-state index contributed by atoms with van der Waals surface area (Å²) in [5, 5.41) is 9.38. The molecule has 0 spiro atoms. The maximum atomic E-state index is 9.38. The van der Waals surface area contributed by atoms with E-state index in [-0.39, 0.29) is 0 Å². The molecular formula is C18H20N6. The number of hydrogen-bond donors (Lipinski definition) is 0. The Balaban J connectivity index is 1.59. The predicted molar refractivity (Wildman–Crippen MR) is 91.8 cm³/mol. The fourth-order valence-electron chi connectivity index (χ4n) is 3.85. The lowest BCUT2D eigenvalue weighted by Gasteiger charge is -2.39. The fourth-order valence-corrected chi connectivity index (χ4v) is 3.85. The quantitative estimate of drug-likeness (QED) is 0.844. The maximum Gasteiger partial charge on any atom is 0.225 e. The smallest absolute Gasteiger partial charge is 0.225 e. The molecule has 2 aliphatic rings. The van der Waals surface area contributed by atoms with E-state index in [1.54, 1.807) is 6.20 Å². The van der Waals surface area contributed by atoms with E-state index in [9.17, 15) is 5.26 Å². The number of rotatable bonds is 2. The van der Waals surface area contributed by atoms with E-state index in [1.165, 1.54) is 0 Å². The summed E-state index contributed by atoms with van der Waals surface area (Å²) in [5.74, 6) is 2.27. The number of hydrogen-bond acceptors (Lipinski definition) is 6. The minimum Gasteiger partial charge on any atom is -0.350 e. The lowest BCUT2D eigenvalue weighted by molar-refractivity contribution is 0.387. The summed E-state index contributed by atoms with van der Waals surface area (Å²) >= 11 is 0. The van der Waals surface area contributed by atoms with Crippen LogP contribution in [0, 0.1) is 24.2 Å². The van der Waals surface area contributed by atoms with Crippen molar-refractivity contribution in [2.24, 2.45) is 5.92 Å². The molecule has 2 aromatic rings. The van der Waals surface area contributed by atoms with Gasteiger partial charge in [-0.1, -0.05) is 0 Å². The van der Waals surface area contributed by atoms with Gasteiger partial charge in [-0.25, -0.2) is 15.0 Å². The van der Waals surface area contributed by atoms with Crippen LogP contribution in [0.25, 0.3) is 0 Å². The molecule has 2 fully saturated rings. The van der Waals surface area contributed by atoms with Crippen LogP contribution in [0.4, 0.5) is 11.8 Å². The van der Waals surface area contributed by atoms with E-state index in [1.807, 2.05) is 31.5 Å². The Bertz CT molecular complexity index is 766. The molecular weight excluding hydrogens is 300 g/mol. The zero-order valence-electron chi connectivity index (χ0n) is 13.8. The van der Waals surface area contributed by atoms with Crippen LogP contribution >= 0.6 is 0 Å². The second kappa shape index (κ2) is 6.08. The molecule has 24 heavy (non-hydrogen) atoms. The van der Waals surface area contributed by atoms with Gasteiger partial charge in [0, 0.05) is 38.2 Å². The van der Waals surface area contributed by atoms with Crippen molar-refractivity contribution in [2.45, 2.75) is 25.8 Å². The van der Waals surface area contributed by atoms with Crippen molar-refractivity contribution in [3.8, 4) is 6.07 Å². The highest BCUT2D eigenvalue weighted by Crippen LogP contribution is 2.36. The SMILES string of the molecule is Cc1cnc(N2CCC3CCN(c4ncccc4C#N)C3C2)nc1.